The summed E-state index contributed by atoms with van der Waals surface area (Å²) in [5, 5.41) is 0. The predicted octanol–water partition coefficient (Wildman–Crippen LogP) is -0.282. The number of rotatable bonds is 4. The monoisotopic (exact) mass is 374 g/mol. The summed E-state index contributed by atoms with van der Waals surface area (Å²) in [4.78, 5) is 15.5. The first-order valence-electron chi connectivity index (χ1n) is 8.63. The van der Waals surface area contributed by atoms with E-state index in [1.54, 1.807) is 6.07 Å². The molecule has 2 aliphatic heterocycles. The maximum Gasteiger partial charge on any atom is 0.184 e. The summed E-state index contributed by atoms with van der Waals surface area (Å²) in [7, 11) is 0. The van der Waals surface area contributed by atoms with E-state index in [2.05, 4.69) is 4.90 Å². The minimum Gasteiger partial charge on any atom is -1.00 e. The van der Waals surface area contributed by atoms with Crippen LogP contribution in [0, 0.1) is 0 Å². The third-order valence-corrected chi connectivity index (χ3v) is 4.60. The summed E-state index contributed by atoms with van der Waals surface area (Å²) >= 11 is 0. The van der Waals surface area contributed by atoms with Gasteiger partial charge in [0.25, 0.3) is 0 Å². The van der Waals surface area contributed by atoms with Crippen LogP contribution >= 0.6 is 0 Å². The molecular formula is C20H21ClNO4-. The van der Waals surface area contributed by atoms with Crippen molar-refractivity contribution < 1.29 is 31.4 Å². The van der Waals surface area contributed by atoms with Crippen molar-refractivity contribution in [3.05, 3.63) is 59.7 Å². The summed E-state index contributed by atoms with van der Waals surface area (Å²) in [6.07, 6.45) is 0. The Morgan fingerprint density at radius 1 is 0.885 bits per heavy atom. The Balaban J connectivity index is 0.00000196. The van der Waals surface area contributed by atoms with Crippen molar-refractivity contribution in [3.8, 4) is 11.5 Å². The van der Waals surface area contributed by atoms with Crippen molar-refractivity contribution in [2.24, 2.45) is 0 Å². The lowest BCUT2D eigenvalue weighted by atomic mass is 9.95. The van der Waals surface area contributed by atoms with E-state index in [1.165, 1.54) is 0 Å². The van der Waals surface area contributed by atoms with Crippen molar-refractivity contribution in [3.63, 3.8) is 0 Å². The van der Waals surface area contributed by atoms with Gasteiger partial charge < -0.3 is 26.6 Å². The molecule has 0 N–H and O–H groups in total. The van der Waals surface area contributed by atoms with E-state index >= 15 is 0 Å². The van der Waals surface area contributed by atoms with Crippen LogP contribution in [0.2, 0.25) is 0 Å². The molecule has 0 aromatic heterocycles. The second kappa shape index (κ2) is 8.54. The van der Waals surface area contributed by atoms with Crippen LogP contribution in [-0.4, -0.2) is 50.2 Å². The lowest BCUT2D eigenvalue weighted by molar-refractivity contribution is -0.0000262. The summed E-state index contributed by atoms with van der Waals surface area (Å²) in [6, 6.07) is 15.1. The molecule has 1 atom stereocenters. The van der Waals surface area contributed by atoms with Gasteiger partial charge in [0.1, 0.15) is 13.2 Å². The smallest absolute Gasteiger partial charge is 0.184 e. The second-order valence-corrected chi connectivity index (χ2v) is 6.18. The average molecular weight is 375 g/mol. The molecule has 4 rings (SSSR count). The number of ketones is 1. The van der Waals surface area contributed by atoms with E-state index in [1.807, 2.05) is 42.5 Å². The fourth-order valence-electron chi connectivity index (χ4n) is 3.35. The van der Waals surface area contributed by atoms with Gasteiger partial charge in [0, 0.05) is 18.7 Å². The highest BCUT2D eigenvalue weighted by molar-refractivity contribution is 6.01. The largest absolute Gasteiger partial charge is 1.00 e. The molecule has 2 aromatic carbocycles. The van der Waals surface area contributed by atoms with Crippen molar-refractivity contribution in [2.45, 2.75) is 6.04 Å². The summed E-state index contributed by atoms with van der Waals surface area (Å²) in [5.41, 5.74) is 1.65. The Morgan fingerprint density at radius 3 is 2.31 bits per heavy atom. The van der Waals surface area contributed by atoms with E-state index in [4.69, 9.17) is 14.2 Å². The number of hydrogen-bond donors (Lipinski definition) is 0. The van der Waals surface area contributed by atoms with Gasteiger partial charge in [0.15, 0.2) is 17.3 Å². The van der Waals surface area contributed by atoms with Gasteiger partial charge in [-0.25, -0.2) is 0 Å². The number of ether oxygens (including phenoxy) is 3. The van der Waals surface area contributed by atoms with Crippen LogP contribution in [0.1, 0.15) is 22.0 Å². The summed E-state index contributed by atoms with van der Waals surface area (Å²) in [5.74, 6) is 1.42. The third kappa shape index (κ3) is 3.85. The summed E-state index contributed by atoms with van der Waals surface area (Å²) in [6.45, 7) is 3.85. The van der Waals surface area contributed by atoms with Gasteiger partial charge in [-0.3, -0.25) is 9.69 Å². The Bertz CT molecular complexity index is 747. The van der Waals surface area contributed by atoms with E-state index in [-0.39, 0.29) is 24.2 Å². The molecule has 6 heteroatoms. The molecule has 0 amide bonds. The van der Waals surface area contributed by atoms with Crippen LogP contribution in [0.15, 0.2) is 48.5 Å². The van der Waals surface area contributed by atoms with E-state index in [9.17, 15) is 4.79 Å². The van der Waals surface area contributed by atoms with Gasteiger partial charge in [0.2, 0.25) is 0 Å². The highest BCUT2D eigenvalue weighted by Gasteiger charge is 2.30. The molecule has 1 fully saturated rings. The molecule has 0 saturated carbocycles. The highest BCUT2D eigenvalue weighted by atomic mass is 35.5. The van der Waals surface area contributed by atoms with Crippen LogP contribution in [0.5, 0.6) is 11.5 Å². The quantitative estimate of drug-likeness (QED) is 0.689. The number of hydrogen-bond acceptors (Lipinski definition) is 5. The van der Waals surface area contributed by atoms with E-state index < -0.39 is 0 Å². The van der Waals surface area contributed by atoms with Gasteiger partial charge in [-0.15, -0.1) is 0 Å². The summed E-state index contributed by atoms with van der Waals surface area (Å²) < 4.78 is 16.6. The number of halogens is 1. The van der Waals surface area contributed by atoms with Crippen molar-refractivity contribution in [2.75, 3.05) is 39.5 Å². The molecule has 2 heterocycles. The predicted molar refractivity (Wildman–Crippen MR) is 93.3 cm³/mol. The Morgan fingerprint density at radius 2 is 1.58 bits per heavy atom. The molecule has 2 aliphatic rings. The first kappa shape index (κ1) is 18.7. The number of benzene rings is 2. The van der Waals surface area contributed by atoms with Gasteiger partial charge in [0.05, 0.1) is 19.3 Å². The van der Waals surface area contributed by atoms with Gasteiger partial charge in [-0.2, -0.15) is 0 Å². The number of carbonyl (C=O) groups is 1. The molecule has 2 aromatic rings. The lowest BCUT2D eigenvalue weighted by Gasteiger charge is -2.34. The minimum atomic E-state index is -0.312. The Hall–Kier alpha value is -2.08. The molecule has 1 saturated heterocycles. The van der Waals surface area contributed by atoms with E-state index in [0.29, 0.717) is 43.5 Å². The number of Topliss-reactive ketones (excluding diaryl/α,β-unsaturated/α-hetero) is 1. The molecule has 138 valence electrons. The molecular weight excluding hydrogens is 354 g/mol. The van der Waals surface area contributed by atoms with Crippen molar-refractivity contribution in [1.29, 1.82) is 0 Å². The number of fused-ring (bicyclic) bond motifs is 1. The third-order valence-electron chi connectivity index (χ3n) is 4.60. The first-order chi connectivity index (χ1) is 12.3. The number of carbonyl (C=O) groups excluding carboxylic acids is 1. The Kier molecular flexibility index (Phi) is 6.14. The normalized spacial score (nSPS) is 17.8. The zero-order valence-electron chi connectivity index (χ0n) is 14.4. The van der Waals surface area contributed by atoms with Crippen molar-refractivity contribution >= 4 is 5.78 Å². The van der Waals surface area contributed by atoms with Crippen LogP contribution in [0.3, 0.4) is 0 Å². The maximum absolute atomic E-state index is 13.4. The van der Waals surface area contributed by atoms with Crippen LogP contribution < -0.4 is 21.9 Å². The van der Waals surface area contributed by atoms with Crippen LogP contribution in [0.4, 0.5) is 0 Å². The first-order valence-corrected chi connectivity index (χ1v) is 8.63. The average Bonchev–Trinajstić information content (AvgIpc) is 2.69. The second-order valence-electron chi connectivity index (χ2n) is 6.18. The van der Waals surface area contributed by atoms with Crippen LogP contribution in [0.25, 0.3) is 0 Å². The van der Waals surface area contributed by atoms with Gasteiger partial charge >= 0.3 is 0 Å². The van der Waals surface area contributed by atoms with Crippen molar-refractivity contribution in [1.82, 2.24) is 4.90 Å². The van der Waals surface area contributed by atoms with E-state index in [0.717, 1.165) is 18.7 Å². The molecule has 0 aliphatic carbocycles. The zero-order valence-corrected chi connectivity index (χ0v) is 15.2. The molecule has 5 nitrogen and oxygen atoms in total. The zero-order chi connectivity index (χ0) is 17.1. The molecule has 0 spiro atoms. The SMILES string of the molecule is O=C(c1ccc2c(c1)OCCO2)C(c1ccccc1)N1CCOCC1.[Cl-]. The fourth-order valence-corrected chi connectivity index (χ4v) is 3.35. The highest BCUT2D eigenvalue weighted by Crippen LogP contribution is 2.33. The molecule has 1 unspecified atom stereocenters. The topological polar surface area (TPSA) is 48.0 Å². The minimum absolute atomic E-state index is 0. The number of morpholine rings is 1. The lowest BCUT2D eigenvalue weighted by Crippen LogP contribution is -3.00. The Labute approximate surface area is 159 Å². The van der Waals surface area contributed by atoms with Gasteiger partial charge in [-0.05, 0) is 23.8 Å². The molecule has 0 radical (unpaired) electrons. The number of nitrogens with zero attached hydrogens (tertiary/aromatic N) is 1. The standard InChI is InChI=1S/C20H21NO4.ClH/c22-20(16-6-7-17-18(14-16)25-13-12-24-17)19(15-4-2-1-3-5-15)21-8-10-23-11-9-21;/h1-7,14,19H,8-13H2;1H/p-1. The molecule has 0 bridgehead atoms. The molecule has 26 heavy (non-hydrogen) atoms. The fraction of sp³-hybridized carbons (Fsp3) is 0.350. The maximum atomic E-state index is 13.4. The van der Waals surface area contributed by atoms with Gasteiger partial charge in [-0.1, -0.05) is 30.3 Å². The van der Waals surface area contributed by atoms with Crippen LogP contribution in [-0.2, 0) is 4.74 Å².